The number of carbonyl (C=O) groups excluding carboxylic acids is 2. The molecule has 1 N–H and O–H groups in total. The third-order valence-electron chi connectivity index (χ3n) is 2.50. The van der Waals surface area contributed by atoms with Crippen molar-refractivity contribution in [3.8, 4) is 0 Å². The lowest BCUT2D eigenvalue weighted by Gasteiger charge is -2.12. The van der Waals surface area contributed by atoms with E-state index in [1.807, 2.05) is 0 Å². The van der Waals surface area contributed by atoms with Gasteiger partial charge in [0, 0.05) is 13.2 Å². The number of carbonyl (C=O) groups is 2. The molecule has 0 radical (unpaired) electrons. The summed E-state index contributed by atoms with van der Waals surface area (Å²) >= 11 is 9.04. The van der Waals surface area contributed by atoms with E-state index in [-0.39, 0.29) is 18.2 Å². The van der Waals surface area contributed by atoms with Gasteiger partial charge < -0.3 is 5.32 Å². The van der Waals surface area contributed by atoms with E-state index in [1.54, 1.807) is 6.07 Å². The molecule has 2 amide bonds. The van der Waals surface area contributed by atoms with Crippen LogP contribution in [0.3, 0.4) is 0 Å². The van der Waals surface area contributed by atoms with E-state index in [0.29, 0.717) is 15.3 Å². The number of amides is 2. The van der Waals surface area contributed by atoms with E-state index in [1.165, 1.54) is 13.2 Å². The Bertz CT molecular complexity index is 494. The van der Waals surface area contributed by atoms with Crippen molar-refractivity contribution in [3.63, 3.8) is 0 Å². The first kappa shape index (κ1) is 12.3. The van der Waals surface area contributed by atoms with Crippen molar-refractivity contribution in [2.45, 2.75) is 12.5 Å². The highest BCUT2D eigenvalue weighted by Gasteiger charge is 2.36. The lowest BCUT2D eigenvalue weighted by molar-refractivity contribution is -0.136. The van der Waals surface area contributed by atoms with Gasteiger partial charge in [0.15, 0.2) is 0 Å². The molecule has 1 fully saturated rings. The molecule has 0 aliphatic carbocycles. The minimum atomic E-state index is -0.558. The summed E-state index contributed by atoms with van der Waals surface area (Å²) in [7, 11) is 1.47. The van der Waals surface area contributed by atoms with Crippen LogP contribution in [-0.4, -0.2) is 34.8 Å². The number of likely N-dealkylation sites (N-methyl/N-ethyl adjacent to an activating group) is 1. The summed E-state index contributed by atoms with van der Waals surface area (Å²) in [6.07, 6.45) is 1.62. The van der Waals surface area contributed by atoms with Crippen LogP contribution in [0.4, 0.5) is 5.82 Å². The number of aromatic nitrogens is 1. The highest BCUT2D eigenvalue weighted by molar-refractivity contribution is 9.10. The molecule has 17 heavy (non-hydrogen) atoms. The zero-order chi connectivity index (χ0) is 12.6. The van der Waals surface area contributed by atoms with Gasteiger partial charge in [0.25, 0.3) is 5.91 Å². The average Bonchev–Trinajstić information content (AvgIpc) is 2.50. The summed E-state index contributed by atoms with van der Waals surface area (Å²) < 4.78 is 0.653. The summed E-state index contributed by atoms with van der Waals surface area (Å²) in [6, 6.07) is 1.11. The summed E-state index contributed by atoms with van der Waals surface area (Å²) in [5.41, 5.74) is 0. The summed E-state index contributed by atoms with van der Waals surface area (Å²) in [4.78, 5) is 28.2. The van der Waals surface area contributed by atoms with E-state index in [2.05, 4.69) is 26.2 Å². The van der Waals surface area contributed by atoms with Crippen LogP contribution in [0.5, 0.6) is 0 Å². The van der Waals surface area contributed by atoms with Gasteiger partial charge in [-0.2, -0.15) is 0 Å². The van der Waals surface area contributed by atoms with Gasteiger partial charge in [-0.05, 0) is 22.0 Å². The molecule has 2 rings (SSSR count). The van der Waals surface area contributed by atoms with Gasteiger partial charge in [-0.1, -0.05) is 11.6 Å². The van der Waals surface area contributed by atoms with Gasteiger partial charge in [-0.25, -0.2) is 4.98 Å². The number of anilines is 1. The average molecular weight is 319 g/mol. The van der Waals surface area contributed by atoms with Crippen molar-refractivity contribution in [2.24, 2.45) is 0 Å². The van der Waals surface area contributed by atoms with Crippen LogP contribution in [0.1, 0.15) is 6.42 Å². The number of pyridine rings is 1. The van der Waals surface area contributed by atoms with Gasteiger partial charge in [0.2, 0.25) is 5.91 Å². The molecule has 1 aliphatic heterocycles. The quantitative estimate of drug-likeness (QED) is 0.843. The summed E-state index contributed by atoms with van der Waals surface area (Å²) in [6.45, 7) is 0. The number of halogens is 2. The molecule has 1 aliphatic rings. The van der Waals surface area contributed by atoms with Crippen molar-refractivity contribution in [3.05, 3.63) is 21.8 Å². The molecule has 0 bridgehead atoms. The fraction of sp³-hybridized carbons (Fsp3) is 0.300. The molecular formula is C10H9BrClN3O2. The first-order valence-corrected chi connectivity index (χ1v) is 6.04. The van der Waals surface area contributed by atoms with E-state index >= 15 is 0 Å². The highest BCUT2D eigenvalue weighted by Crippen LogP contribution is 2.25. The largest absolute Gasteiger partial charge is 0.357 e. The smallest absolute Gasteiger partial charge is 0.251 e. The van der Waals surface area contributed by atoms with E-state index < -0.39 is 6.04 Å². The molecule has 1 aromatic heterocycles. The van der Waals surface area contributed by atoms with Crippen LogP contribution >= 0.6 is 27.5 Å². The second-order valence-electron chi connectivity index (χ2n) is 3.68. The molecule has 90 valence electrons. The number of hydrogen-bond acceptors (Lipinski definition) is 4. The SMILES string of the molecule is CN1C(=O)CC(Nc2ncc(Cl)cc2Br)C1=O. The third kappa shape index (κ3) is 2.42. The first-order chi connectivity index (χ1) is 7.99. The fourth-order valence-corrected chi connectivity index (χ4v) is 2.31. The molecule has 7 heteroatoms. The van der Waals surface area contributed by atoms with E-state index in [4.69, 9.17) is 11.6 Å². The Morgan fingerprint density at radius 1 is 1.59 bits per heavy atom. The zero-order valence-electron chi connectivity index (χ0n) is 8.91. The molecular weight excluding hydrogens is 309 g/mol. The lowest BCUT2D eigenvalue weighted by atomic mass is 10.2. The lowest BCUT2D eigenvalue weighted by Crippen LogP contribution is -2.32. The van der Waals surface area contributed by atoms with Gasteiger partial charge >= 0.3 is 0 Å². The number of hydrogen-bond donors (Lipinski definition) is 1. The Morgan fingerprint density at radius 3 is 2.82 bits per heavy atom. The predicted octanol–water partition coefficient (Wildman–Crippen LogP) is 1.67. The van der Waals surface area contributed by atoms with Gasteiger partial charge in [0.05, 0.1) is 15.9 Å². The summed E-state index contributed by atoms with van der Waals surface area (Å²) in [5, 5.41) is 3.41. The zero-order valence-corrected chi connectivity index (χ0v) is 11.2. The molecule has 5 nitrogen and oxygen atoms in total. The van der Waals surface area contributed by atoms with Crippen LogP contribution in [0.25, 0.3) is 0 Å². The predicted molar refractivity (Wildman–Crippen MR) is 66.8 cm³/mol. The van der Waals surface area contributed by atoms with Crippen LogP contribution in [0.15, 0.2) is 16.7 Å². The molecule has 1 aromatic rings. The first-order valence-electron chi connectivity index (χ1n) is 4.87. The number of likely N-dealkylation sites (tertiary alicyclic amines) is 1. The molecule has 0 saturated carbocycles. The Kier molecular flexibility index (Phi) is 3.35. The van der Waals surface area contributed by atoms with Crippen molar-refractivity contribution >= 4 is 45.2 Å². The molecule has 1 saturated heterocycles. The fourth-order valence-electron chi connectivity index (χ4n) is 1.55. The number of imide groups is 1. The Balaban J connectivity index is 2.17. The van der Waals surface area contributed by atoms with Gasteiger partial charge in [-0.3, -0.25) is 14.5 Å². The normalized spacial score (nSPS) is 19.9. The molecule has 1 unspecified atom stereocenters. The van der Waals surface area contributed by atoms with Crippen LogP contribution in [-0.2, 0) is 9.59 Å². The maximum Gasteiger partial charge on any atom is 0.251 e. The molecule has 0 aromatic carbocycles. The molecule has 0 spiro atoms. The van der Waals surface area contributed by atoms with Crippen molar-refractivity contribution in [1.82, 2.24) is 9.88 Å². The van der Waals surface area contributed by atoms with Gasteiger partial charge in [0.1, 0.15) is 11.9 Å². The maximum absolute atomic E-state index is 11.7. The van der Waals surface area contributed by atoms with E-state index in [0.717, 1.165) is 4.90 Å². The Morgan fingerprint density at radius 2 is 2.29 bits per heavy atom. The van der Waals surface area contributed by atoms with Crippen molar-refractivity contribution in [2.75, 3.05) is 12.4 Å². The van der Waals surface area contributed by atoms with Crippen molar-refractivity contribution < 1.29 is 9.59 Å². The van der Waals surface area contributed by atoms with E-state index in [9.17, 15) is 9.59 Å². The third-order valence-corrected chi connectivity index (χ3v) is 3.31. The molecule has 2 heterocycles. The Hall–Kier alpha value is -1.14. The van der Waals surface area contributed by atoms with Crippen molar-refractivity contribution in [1.29, 1.82) is 0 Å². The van der Waals surface area contributed by atoms with Crippen LogP contribution in [0, 0.1) is 0 Å². The minimum Gasteiger partial charge on any atom is -0.357 e. The maximum atomic E-state index is 11.7. The topological polar surface area (TPSA) is 62.3 Å². The van der Waals surface area contributed by atoms with Crippen LogP contribution in [0.2, 0.25) is 5.02 Å². The highest BCUT2D eigenvalue weighted by atomic mass is 79.9. The second kappa shape index (κ2) is 4.62. The van der Waals surface area contributed by atoms with Crippen LogP contribution < -0.4 is 5.32 Å². The number of rotatable bonds is 2. The number of nitrogens with one attached hydrogen (secondary N) is 1. The number of nitrogens with zero attached hydrogens (tertiary/aromatic N) is 2. The monoisotopic (exact) mass is 317 g/mol. The summed E-state index contributed by atoms with van der Waals surface area (Å²) in [5.74, 6) is 0.0482. The minimum absolute atomic E-state index is 0.145. The standard InChI is InChI=1S/C10H9BrClN3O2/c1-15-8(16)3-7(10(15)17)14-9-6(11)2-5(12)4-13-9/h2,4,7H,3H2,1H3,(H,13,14). The Labute approximate surface area is 111 Å². The second-order valence-corrected chi connectivity index (χ2v) is 4.97. The van der Waals surface area contributed by atoms with Gasteiger partial charge in [-0.15, -0.1) is 0 Å². The molecule has 1 atom stereocenters.